The molecule has 2 aromatic rings. The zero-order valence-electron chi connectivity index (χ0n) is 6.07. The first-order valence-electron chi connectivity index (χ1n) is 3.38. The van der Waals surface area contributed by atoms with E-state index in [1.165, 1.54) is 6.20 Å². The van der Waals surface area contributed by atoms with E-state index in [1.807, 2.05) is 12.1 Å². The monoisotopic (exact) mass is 180 g/mol. The molecule has 60 valence electrons. The average molecular weight is 181 g/mol. The van der Waals surface area contributed by atoms with Crippen molar-refractivity contribution in [2.75, 3.05) is 0 Å². The molecule has 0 atom stereocenters. The lowest BCUT2D eigenvalue weighted by Gasteiger charge is -1.90. The fourth-order valence-electron chi connectivity index (χ4n) is 0.882. The first-order chi connectivity index (χ1) is 5.86. The second-order valence-electron chi connectivity index (χ2n) is 2.21. The molecule has 2 heterocycles. The SMILES string of the molecule is Clc1cnc(-c2ccncc2)o1. The molecule has 0 N–H and O–H groups in total. The van der Waals surface area contributed by atoms with Crippen LogP contribution >= 0.6 is 11.6 Å². The third-order valence-corrected chi connectivity index (χ3v) is 1.58. The summed E-state index contributed by atoms with van der Waals surface area (Å²) in [6.45, 7) is 0. The fourth-order valence-corrected chi connectivity index (χ4v) is 1.00. The van der Waals surface area contributed by atoms with Gasteiger partial charge in [0.15, 0.2) is 0 Å². The number of hydrogen-bond donors (Lipinski definition) is 0. The van der Waals surface area contributed by atoms with Gasteiger partial charge in [-0.2, -0.15) is 0 Å². The van der Waals surface area contributed by atoms with Gasteiger partial charge in [0.05, 0.1) is 6.20 Å². The molecule has 12 heavy (non-hydrogen) atoms. The summed E-state index contributed by atoms with van der Waals surface area (Å²) in [5, 5.41) is 0.293. The van der Waals surface area contributed by atoms with Crippen LogP contribution in [0.2, 0.25) is 5.22 Å². The summed E-state index contributed by atoms with van der Waals surface area (Å²) in [7, 11) is 0. The minimum atomic E-state index is 0.293. The molecule has 0 aliphatic rings. The molecule has 2 rings (SSSR count). The molecule has 0 aliphatic carbocycles. The third-order valence-electron chi connectivity index (χ3n) is 1.40. The van der Waals surface area contributed by atoms with Crippen molar-refractivity contribution in [1.29, 1.82) is 0 Å². The summed E-state index contributed by atoms with van der Waals surface area (Å²) >= 11 is 5.57. The molecule has 0 radical (unpaired) electrons. The van der Waals surface area contributed by atoms with Crippen molar-refractivity contribution in [2.24, 2.45) is 0 Å². The maximum Gasteiger partial charge on any atom is 0.228 e. The number of halogens is 1. The fraction of sp³-hybridized carbons (Fsp3) is 0. The summed E-state index contributed by atoms with van der Waals surface area (Å²) in [6.07, 6.45) is 4.82. The minimum Gasteiger partial charge on any atom is -0.425 e. The Morgan fingerprint density at radius 1 is 1.25 bits per heavy atom. The molecular weight excluding hydrogens is 176 g/mol. The van der Waals surface area contributed by atoms with Gasteiger partial charge >= 0.3 is 0 Å². The van der Waals surface area contributed by atoms with Crippen LogP contribution in [-0.4, -0.2) is 9.97 Å². The number of aromatic nitrogens is 2. The van der Waals surface area contributed by atoms with Gasteiger partial charge in [0.25, 0.3) is 0 Å². The lowest BCUT2D eigenvalue weighted by Crippen LogP contribution is -1.75. The van der Waals surface area contributed by atoms with Gasteiger partial charge < -0.3 is 4.42 Å². The van der Waals surface area contributed by atoms with Crippen LogP contribution in [0.1, 0.15) is 0 Å². The summed E-state index contributed by atoms with van der Waals surface area (Å²) in [5.74, 6) is 0.516. The molecule has 0 saturated heterocycles. The minimum absolute atomic E-state index is 0.293. The molecule has 0 fully saturated rings. The van der Waals surface area contributed by atoms with Gasteiger partial charge in [0.1, 0.15) is 0 Å². The van der Waals surface area contributed by atoms with Crippen LogP contribution in [0.3, 0.4) is 0 Å². The van der Waals surface area contributed by atoms with Crippen LogP contribution in [0.4, 0.5) is 0 Å². The highest BCUT2D eigenvalue weighted by atomic mass is 35.5. The maximum absolute atomic E-state index is 5.57. The van der Waals surface area contributed by atoms with Crippen LogP contribution < -0.4 is 0 Å². The number of pyridine rings is 1. The van der Waals surface area contributed by atoms with Crippen LogP contribution in [0.5, 0.6) is 0 Å². The van der Waals surface area contributed by atoms with E-state index in [2.05, 4.69) is 9.97 Å². The Labute approximate surface area is 74.0 Å². The molecule has 2 aromatic heterocycles. The highest BCUT2D eigenvalue weighted by molar-refractivity contribution is 6.28. The normalized spacial score (nSPS) is 10.1. The molecule has 0 spiro atoms. The van der Waals surface area contributed by atoms with E-state index in [0.29, 0.717) is 11.1 Å². The van der Waals surface area contributed by atoms with Crippen molar-refractivity contribution >= 4 is 11.6 Å². The van der Waals surface area contributed by atoms with Gasteiger partial charge in [-0.05, 0) is 23.7 Å². The van der Waals surface area contributed by atoms with E-state index in [0.717, 1.165) is 5.56 Å². The summed E-state index contributed by atoms with van der Waals surface area (Å²) < 4.78 is 5.10. The van der Waals surface area contributed by atoms with Gasteiger partial charge in [0, 0.05) is 18.0 Å². The molecule has 4 heteroatoms. The molecule has 3 nitrogen and oxygen atoms in total. The van der Waals surface area contributed by atoms with Gasteiger partial charge in [-0.3, -0.25) is 4.98 Å². The Bertz CT molecular complexity index is 372. The molecule has 0 bridgehead atoms. The van der Waals surface area contributed by atoms with Crippen LogP contribution in [-0.2, 0) is 0 Å². The topological polar surface area (TPSA) is 38.9 Å². The molecule has 0 saturated carbocycles. The Hall–Kier alpha value is -1.35. The van der Waals surface area contributed by atoms with E-state index in [4.69, 9.17) is 16.0 Å². The summed E-state index contributed by atoms with van der Waals surface area (Å²) in [4.78, 5) is 7.83. The number of nitrogens with zero attached hydrogens (tertiary/aromatic N) is 2. The van der Waals surface area contributed by atoms with Crippen molar-refractivity contribution in [3.05, 3.63) is 35.9 Å². The van der Waals surface area contributed by atoms with Crippen molar-refractivity contribution in [3.63, 3.8) is 0 Å². The van der Waals surface area contributed by atoms with Crippen LogP contribution in [0.15, 0.2) is 35.1 Å². The summed E-state index contributed by atoms with van der Waals surface area (Å²) in [6, 6.07) is 3.62. The Morgan fingerprint density at radius 3 is 2.58 bits per heavy atom. The third kappa shape index (κ3) is 1.31. The number of hydrogen-bond acceptors (Lipinski definition) is 3. The second kappa shape index (κ2) is 2.95. The first-order valence-corrected chi connectivity index (χ1v) is 3.76. The van der Waals surface area contributed by atoms with Crippen LogP contribution in [0.25, 0.3) is 11.5 Å². The lowest BCUT2D eigenvalue weighted by molar-refractivity contribution is 0.576. The van der Waals surface area contributed by atoms with Gasteiger partial charge in [0.2, 0.25) is 11.1 Å². The average Bonchev–Trinajstić information content (AvgIpc) is 2.54. The Kier molecular flexibility index (Phi) is 1.80. The predicted molar refractivity (Wildman–Crippen MR) is 44.7 cm³/mol. The summed E-state index contributed by atoms with van der Waals surface area (Å²) in [5.41, 5.74) is 0.872. The maximum atomic E-state index is 5.57. The van der Waals surface area contributed by atoms with E-state index >= 15 is 0 Å². The van der Waals surface area contributed by atoms with E-state index in [1.54, 1.807) is 12.4 Å². The first kappa shape index (κ1) is 7.31. The molecule has 0 aromatic carbocycles. The van der Waals surface area contributed by atoms with Crippen molar-refractivity contribution < 1.29 is 4.42 Å². The van der Waals surface area contributed by atoms with Gasteiger partial charge in [-0.15, -0.1) is 0 Å². The highest BCUT2D eigenvalue weighted by Gasteiger charge is 2.02. The van der Waals surface area contributed by atoms with Gasteiger partial charge in [-0.1, -0.05) is 0 Å². The van der Waals surface area contributed by atoms with E-state index < -0.39 is 0 Å². The highest BCUT2D eigenvalue weighted by Crippen LogP contribution is 2.20. The lowest BCUT2D eigenvalue weighted by atomic mass is 10.3. The largest absolute Gasteiger partial charge is 0.425 e. The van der Waals surface area contributed by atoms with Crippen molar-refractivity contribution in [2.45, 2.75) is 0 Å². The molecule has 0 aliphatic heterocycles. The van der Waals surface area contributed by atoms with Crippen molar-refractivity contribution in [3.8, 4) is 11.5 Å². The zero-order chi connectivity index (χ0) is 8.39. The quantitative estimate of drug-likeness (QED) is 0.677. The number of oxazole rings is 1. The standard InChI is InChI=1S/C8H5ClN2O/c9-7-5-11-8(12-7)6-1-3-10-4-2-6/h1-5H. The van der Waals surface area contributed by atoms with Crippen LogP contribution in [0, 0.1) is 0 Å². The van der Waals surface area contributed by atoms with Gasteiger partial charge in [-0.25, -0.2) is 4.98 Å². The predicted octanol–water partition coefficient (Wildman–Crippen LogP) is 2.39. The van der Waals surface area contributed by atoms with E-state index in [-0.39, 0.29) is 0 Å². The molecule has 0 unspecified atom stereocenters. The Balaban J connectivity index is 2.45. The molecule has 0 amide bonds. The van der Waals surface area contributed by atoms with Crippen molar-refractivity contribution in [1.82, 2.24) is 9.97 Å². The Morgan fingerprint density at radius 2 is 2.00 bits per heavy atom. The smallest absolute Gasteiger partial charge is 0.228 e. The van der Waals surface area contributed by atoms with E-state index in [9.17, 15) is 0 Å². The second-order valence-corrected chi connectivity index (χ2v) is 2.58. The molecular formula is C8H5ClN2O. The number of rotatable bonds is 1. The zero-order valence-corrected chi connectivity index (χ0v) is 6.82.